The summed E-state index contributed by atoms with van der Waals surface area (Å²) in [6, 6.07) is 5.01. The van der Waals surface area contributed by atoms with E-state index in [9.17, 15) is 9.59 Å². The lowest BCUT2D eigenvalue weighted by Crippen LogP contribution is -2.24. The van der Waals surface area contributed by atoms with Crippen LogP contribution in [0.25, 0.3) is 5.65 Å². The van der Waals surface area contributed by atoms with Crippen molar-refractivity contribution < 1.29 is 14.3 Å². The Morgan fingerprint density at radius 2 is 2.11 bits per heavy atom. The lowest BCUT2D eigenvalue weighted by molar-refractivity contribution is 0.0846. The number of carbonyl (C=O) groups excluding carboxylic acids is 1. The topological polar surface area (TPSA) is 86.9 Å². The van der Waals surface area contributed by atoms with Crippen LogP contribution in [-0.4, -0.2) is 40.2 Å². The molecule has 0 radical (unpaired) electrons. The van der Waals surface area contributed by atoms with Gasteiger partial charge in [0.25, 0.3) is 11.5 Å². The molecule has 1 aliphatic heterocycles. The number of hydrogen-bond acceptors (Lipinski definition) is 5. The molecule has 1 N–H and O–H groups in total. The van der Waals surface area contributed by atoms with Gasteiger partial charge in [0, 0.05) is 50.8 Å². The molecule has 0 aromatic carbocycles. The van der Waals surface area contributed by atoms with Gasteiger partial charge in [-0.2, -0.15) is 0 Å². The van der Waals surface area contributed by atoms with E-state index in [1.54, 1.807) is 37.6 Å². The number of nitrogens with one attached hydrogen (secondary N) is 1. The zero-order valence-electron chi connectivity index (χ0n) is 15.8. The monoisotopic (exact) mass is 382 g/mol. The molecule has 1 amide bonds. The number of amides is 1. The molecule has 1 saturated heterocycles. The van der Waals surface area contributed by atoms with Gasteiger partial charge in [0.05, 0.1) is 18.4 Å². The standard InChI is InChI=1S/C20H22N4O4/c1-23-7-3-4-15(20(23)26)22-19(25)14-11-24-12-16(13-5-8-28-9-6-13)21-18(24)10-17(14)27-2/h3-4,7,10-13H,5-6,8-9H2,1-2H3,(H,22,25). The van der Waals surface area contributed by atoms with Crippen molar-refractivity contribution in [2.75, 3.05) is 25.6 Å². The number of rotatable bonds is 4. The van der Waals surface area contributed by atoms with E-state index in [1.165, 1.54) is 11.7 Å². The predicted octanol–water partition coefficient (Wildman–Crippen LogP) is 2.19. The van der Waals surface area contributed by atoms with Crippen molar-refractivity contribution in [2.24, 2.45) is 7.05 Å². The summed E-state index contributed by atoms with van der Waals surface area (Å²) in [5.74, 6) is 0.342. The molecule has 28 heavy (non-hydrogen) atoms. The molecule has 1 aliphatic rings. The van der Waals surface area contributed by atoms with Crippen LogP contribution in [0.1, 0.15) is 34.8 Å². The fourth-order valence-electron chi connectivity index (χ4n) is 3.45. The second-order valence-corrected chi connectivity index (χ2v) is 6.87. The zero-order valence-corrected chi connectivity index (χ0v) is 15.8. The van der Waals surface area contributed by atoms with Crippen molar-refractivity contribution in [1.29, 1.82) is 0 Å². The second-order valence-electron chi connectivity index (χ2n) is 6.87. The van der Waals surface area contributed by atoms with Gasteiger partial charge in [0.2, 0.25) is 0 Å². The lowest BCUT2D eigenvalue weighted by Gasteiger charge is -2.19. The van der Waals surface area contributed by atoms with Gasteiger partial charge in [-0.3, -0.25) is 9.59 Å². The number of anilines is 1. The number of nitrogens with zero attached hydrogens (tertiary/aromatic N) is 3. The number of hydrogen-bond donors (Lipinski definition) is 1. The average Bonchev–Trinajstić information content (AvgIpc) is 3.14. The van der Waals surface area contributed by atoms with Crippen molar-refractivity contribution in [1.82, 2.24) is 14.0 Å². The summed E-state index contributed by atoms with van der Waals surface area (Å²) in [7, 11) is 3.14. The number of methoxy groups -OCH3 is 1. The first-order valence-electron chi connectivity index (χ1n) is 9.18. The van der Waals surface area contributed by atoms with Crippen molar-refractivity contribution in [3.8, 4) is 5.75 Å². The summed E-state index contributed by atoms with van der Waals surface area (Å²) < 4.78 is 14.1. The van der Waals surface area contributed by atoms with Crippen LogP contribution >= 0.6 is 0 Å². The Balaban J connectivity index is 1.68. The van der Waals surface area contributed by atoms with Crippen molar-refractivity contribution in [3.05, 3.63) is 58.4 Å². The molecule has 0 atom stereocenters. The van der Waals surface area contributed by atoms with E-state index in [-0.39, 0.29) is 11.2 Å². The van der Waals surface area contributed by atoms with E-state index >= 15 is 0 Å². The van der Waals surface area contributed by atoms with Crippen LogP contribution in [-0.2, 0) is 11.8 Å². The minimum Gasteiger partial charge on any atom is -0.496 e. The minimum atomic E-state index is -0.414. The second kappa shape index (κ2) is 7.47. The number of aromatic nitrogens is 3. The number of ether oxygens (including phenoxy) is 2. The average molecular weight is 382 g/mol. The predicted molar refractivity (Wildman–Crippen MR) is 104 cm³/mol. The number of carbonyl (C=O) groups is 1. The fourth-order valence-corrected chi connectivity index (χ4v) is 3.45. The van der Waals surface area contributed by atoms with Crippen molar-refractivity contribution in [3.63, 3.8) is 0 Å². The summed E-state index contributed by atoms with van der Waals surface area (Å²) in [4.78, 5) is 29.7. The molecule has 8 nitrogen and oxygen atoms in total. The highest BCUT2D eigenvalue weighted by Gasteiger charge is 2.21. The van der Waals surface area contributed by atoms with E-state index in [1.807, 2.05) is 10.6 Å². The van der Waals surface area contributed by atoms with Crippen molar-refractivity contribution >= 4 is 17.2 Å². The van der Waals surface area contributed by atoms with Gasteiger partial charge in [-0.15, -0.1) is 0 Å². The summed E-state index contributed by atoms with van der Waals surface area (Å²) in [6.07, 6.45) is 7.14. The highest BCUT2D eigenvalue weighted by atomic mass is 16.5. The smallest absolute Gasteiger partial charge is 0.274 e. The molecule has 3 aromatic heterocycles. The molecule has 0 bridgehead atoms. The van der Waals surface area contributed by atoms with Gasteiger partial charge in [-0.1, -0.05) is 0 Å². The summed E-state index contributed by atoms with van der Waals surface area (Å²) >= 11 is 0. The largest absolute Gasteiger partial charge is 0.496 e. The maximum Gasteiger partial charge on any atom is 0.274 e. The Bertz CT molecular complexity index is 1080. The van der Waals surface area contributed by atoms with Crippen molar-refractivity contribution in [2.45, 2.75) is 18.8 Å². The molecular formula is C20H22N4O4. The minimum absolute atomic E-state index is 0.214. The molecule has 0 aliphatic carbocycles. The normalized spacial score (nSPS) is 14.9. The zero-order chi connectivity index (χ0) is 19.7. The number of imidazole rings is 1. The third-order valence-electron chi connectivity index (χ3n) is 5.05. The first-order valence-corrected chi connectivity index (χ1v) is 9.18. The lowest BCUT2D eigenvalue weighted by atomic mass is 9.97. The first kappa shape index (κ1) is 18.2. The van der Waals surface area contributed by atoms with Gasteiger partial charge in [-0.25, -0.2) is 4.98 Å². The Morgan fingerprint density at radius 1 is 1.32 bits per heavy atom. The maximum atomic E-state index is 12.8. The van der Waals surface area contributed by atoms with Crippen LogP contribution in [0.15, 0.2) is 41.6 Å². The van der Waals surface area contributed by atoms with Crippen LogP contribution in [0.4, 0.5) is 5.69 Å². The van der Waals surface area contributed by atoms with E-state index in [0.29, 0.717) is 22.9 Å². The van der Waals surface area contributed by atoms with Gasteiger partial charge in [0.1, 0.15) is 17.1 Å². The fraction of sp³-hybridized carbons (Fsp3) is 0.350. The first-order chi connectivity index (χ1) is 13.6. The third kappa shape index (κ3) is 3.38. The SMILES string of the molecule is COc1cc2nc(C3CCOCC3)cn2cc1C(=O)Nc1cccn(C)c1=O. The molecule has 4 rings (SSSR count). The van der Waals surface area contributed by atoms with Crippen LogP contribution in [0.5, 0.6) is 5.75 Å². The Kier molecular flexibility index (Phi) is 4.87. The Morgan fingerprint density at radius 3 is 2.86 bits per heavy atom. The Hall–Kier alpha value is -3.13. The van der Waals surface area contributed by atoms with E-state index < -0.39 is 5.91 Å². The highest BCUT2D eigenvalue weighted by Crippen LogP contribution is 2.28. The van der Waals surface area contributed by atoms with Gasteiger partial charge in [0.15, 0.2) is 0 Å². The summed E-state index contributed by atoms with van der Waals surface area (Å²) in [6.45, 7) is 1.48. The van der Waals surface area contributed by atoms with Crippen LogP contribution in [0.3, 0.4) is 0 Å². The maximum absolute atomic E-state index is 12.8. The van der Waals surface area contributed by atoms with Gasteiger partial charge in [-0.05, 0) is 25.0 Å². The number of pyridine rings is 2. The molecule has 1 fully saturated rings. The van der Waals surface area contributed by atoms with E-state index in [0.717, 1.165) is 31.7 Å². The summed E-state index contributed by atoms with van der Waals surface area (Å²) in [5.41, 5.74) is 1.97. The molecule has 0 saturated carbocycles. The van der Waals surface area contributed by atoms with Gasteiger partial charge < -0.3 is 23.8 Å². The molecule has 146 valence electrons. The summed E-state index contributed by atoms with van der Waals surface area (Å²) in [5, 5.41) is 2.67. The molecule has 8 heteroatoms. The van der Waals surface area contributed by atoms with E-state index in [2.05, 4.69) is 5.32 Å². The molecule has 4 heterocycles. The quantitative estimate of drug-likeness (QED) is 0.747. The van der Waals surface area contributed by atoms with Crippen LogP contribution in [0.2, 0.25) is 0 Å². The molecule has 0 unspecified atom stereocenters. The number of fused-ring (bicyclic) bond motifs is 1. The van der Waals surface area contributed by atoms with E-state index in [4.69, 9.17) is 14.5 Å². The Labute approximate surface area is 161 Å². The molecule has 0 spiro atoms. The number of aryl methyl sites for hydroxylation is 1. The highest BCUT2D eigenvalue weighted by molar-refractivity contribution is 6.06. The molecule has 3 aromatic rings. The van der Waals surface area contributed by atoms with Crippen LogP contribution < -0.4 is 15.6 Å². The van der Waals surface area contributed by atoms with Gasteiger partial charge >= 0.3 is 0 Å². The third-order valence-corrected chi connectivity index (χ3v) is 5.05. The molecular weight excluding hydrogens is 360 g/mol. The van der Waals surface area contributed by atoms with Crippen LogP contribution in [0, 0.1) is 0 Å².